The lowest BCUT2D eigenvalue weighted by atomic mass is 10.2. The van der Waals surface area contributed by atoms with Crippen molar-refractivity contribution in [1.29, 1.82) is 0 Å². The molecule has 1 aromatic rings. The number of fused-ring (bicyclic) bond motifs is 1. The second kappa shape index (κ2) is 2.44. The topological polar surface area (TPSA) is 47.0 Å². The molecular weight excluding hydrogens is 198 g/mol. The first-order valence-corrected chi connectivity index (χ1v) is 5.51. The Balaban J connectivity index is 2.73. The van der Waals surface area contributed by atoms with Crippen molar-refractivity contribution in [2.24, 2.45) is 0 Å². The monoisotopic (exact) mass is 203 g/mol. The second-order valence-electron chi connectivity index (χ2n) is 2.67. The number of rotatable bonds is 0. The van der Waals surface area contributed by atoms with E-state index in [2.05, 4.69) is 4.98 Å². The fourth-order valence-electron chi connectivity index (χ4n) is 1.25. The van der Waals surface area contributed by atoms with Gasteiger partial charge in [-0.05, 0) is 18.1 Å². The van der Waals surface area contributed by atoms with Gasteiger partial charge in [-0.1, -0.05) is 17.7 Å². The Bertz CT molecular complexity index is 427. The Morgan fingerprint density at radius 1 is 1.42 bits per heavy atom. The molecule has 5 heteroatoms. The van der Waals surface area contributed by atoms with Crippen LogP contribution in [0.2, 0.25) is 5.15 Å². The van der Waals surface area contributed by atoms with Crippen LogP contribution >= 0.6 is 11.6 Å². The average molecular weight is 204 g/mol. The molecule has 1 aliphatic heterocycles. The number of hydrogen-bond acceptors (Lipinski definition) is 3. The first-order chi connectivity index (χ1) is 5.59. The molecule has 0 aliphatic carbocycles. The summed E-state index contributed by atoms with van der Waals surface area (Å²) >= 11 is 5.58. The largest absolute Gasteiger partial charge is 0.224 e. The van der Waals surface area contributed by atoms with Gasteiger partial charge in [-0.15, -0.1) is 0 Å². The third kappa shape index (κ3) is 1.11. The number of aromatic nitrogens is 1. The molecule has 0 N–H and O–H groups in total. The van der Waals surface area contributed by atoms with Crippen LogP contribution in [-0.4, -0.2) is 19.2 Å². The molecule has 0 amide bonds. The van der Waals surface area contributed by atoms with E-state index in [0.29, 0.717) is 6.42 Å². The Labute approximate surface area is 75.3 Å². The van der Waals surface area contributed by atoms with Gasteiger partial charge < -0.3 is 0 Å². The molecule has 0 atom stereocenters. The van der Waals surface area contributed by atoms with Gasteiger partial charge in [-0.2, -0.15) is 0 Å². The van der Waals surface area contributed by atoms with E-state index in [9.17, 15) is 8.42 Å². The summed E-state index contributed by atoms with van der Waals surface area (Å²) in [5, 5.41) is 0.397. The van der Waals surface area contributed by atoms with E-state index >= 15 is 0 Å². The van der Waals surface area contributed by atoms with Crippen molar-refractivity contribution < 1.29 is 8.42 Å². The van der Waals surface area contributed by atoms with Crippen LogP contribution < -0.4 is 0 Å². The number of halogens is 1. The molecule has 0 saturated carbocycles. The van der Waals surface area contributed by atoms with Gasteiger partial charge in [0.1, 0.15) is 5.15 Å². The van der Waals surface area contributed by atoms with E-state index in [-0.39, 0.29) is 15.9 Å². The van der Waals surface area contributed by atoms with Crippen LogP contribution in [0.25, 0.3) is 0 Å². The summed E-state index contributed by atoms with van der Waals surface area (Å²) in [6, 6.07) is 3.33. The molecule has 64 valence electrons. The number of pyridine rings is 1. The van der Waals surface area contributed by atoms with Crippen LogP contribution in [0.1, 0.15) is 5.56 Å². The molecule has 2 heterocycles. The lowest BCUT2D eigenvalue weighted by Gasteiger charge is -1.95. The first-order valence-electron chi connectivity index (χ1n) is 3.48. The maximum Gasteiger partial charge on any atom is 0.196 e. The van der Waals surface area contributed by atoms with E-state index in [1.165, 1.54) is 0 Å². The zero-order valence-corrected chi connectivity index (χ0v) is 7.69. The fraction of sp³-hybridized carbons (Fsp3) is 0.286. The third-order valence-corrected chi connectivity index (χ3v) is 3.73. The molecule has 0 spiro atoms. The van der Waals surface area contributed by atoms with Gasteiger partial charge in [0.15, 0.2) is 14.9 Å². The Morgan fingerprint density at radius 2 is 2.17 bits per heavy atom. The average Bonchev–Trinajstić information content (AvgIpc) is 2.28. The van der Waals surface area contributed by atoms with E-state index in [0.717, 1.165) is 5.56 Å². The summed E-state index contributed by atoms with van der Waals surface area (Å²) in [5.41, 5.74) is 0.777. The van der Waals surface area contributed by atoms with E-state index in [4.69, 9.17) is 11.6 Å². The first kappa shape index (κ1) is 8.01. The molecule has 0 unspecified atom stereocenters. The molecule has 12 heavy (non-hydrogen) atoms. The molecule has 2 rings (SSSR count). The van der Waals surface area contributed by atoms with Gasteiger partial charge in [-0.3, -0.25) is 0 Å². The predicted octanol–water partition coefficient (Wildman–Crippen LogP) is 1.06. The molecule has 0 saturated heterocycles. The number of hydrogen-bond donors (Lipinski definition) is 0. The van der Waals surface area contributed by atoms with Crippen LogP contribution in [0, 0.1) is 0 Å². The highest BCUT2D eigenvalue weighted by atomic mass is 35.5. The van der Waals surface area contributed by atoms with Gasteiger partial charge in [0.05, 0.1) is 5.75 Å². The van der Waals surface area contributed by atoms with Gasteiger partial charge in [0, 0.05) is 0 Å². The molecule has 0 bridgehead atoms. The van der Waals surface area contributed by atoms with Crippen molar-refractivity contribution in [3.8, 4) is 0 Å². The molecule has 0 aromatic carbocycles. The van der Waals surface area contributed by atoms with Crippen LogP contribution in [0.3, 0.4) is 0 Å². The van der Waals surface area contributed by atoms with Gasteiger partial charge >= 0.3 is 0 Å². The molecule has 1 aromatic heterocycles. The Hall–Kier alpha value is -0.610. The lowest BCUT2D eigenvalue weighted by Crippen LogP contribution is -2.00. The van der Waals surface area contributed by atoms with Crippen LogP contribution in [0.4, 0.5) is 0 Å². The Morgan fingerprint density at radius 3 is 2.92 bits per heavy atom. The summed E-state index contributed by atoms with van der Waals surface area (Å²) in [6.45, 7) is 0. The van der Waals surface area contributed by atoms with Crippen molar-refractivity contribution in [2.75, 3.05) is 5.75 Å². The van der Waals surface area contributed by atoms with Crippen LogP contribution in [0.15, 0.2) is 17.2 Å². The minimum Gasteiger partial charge on any atom is -0.224 e. The SMILES string of the molecule is O=S1(=O)CCc2ccc(Cl)nc21. The summed E-state index contributed by atoms with van der Waals surface area (Å²) < 4.78 is 22.6. The quantitative estimate of drug-likeness (QED) is 0.593. The molecule has 0 fully saturated rings. The van der Waals surface area contributed by atoms with Crippen molar-refractivity contribution in [1.82, 2.24) is 4.98 Å². The van der Waals surface area contributed by atoms with Crippen molar-refractivity contribution in [2.45, 2.75) is 11.4 Å². The molecule has 0 radical (unpaired) electrons. The van der Waals surface area contributed by atoms with E-state index in [1.54, 1.807) is 12.1 Å². The lowest BCUT2D eigenvalue weighted by molar-refractivity contribution is 0.597. The zero-order chi connectivity index (χ0) is 8.77. The maximum atomic E-state index is 11.3. The Kier molecular flexibility index (Phi) is 1.63. The molecular formula is C7H6ClNO2S. The number of sulfone groups is 1. The smallest absolute Gasteiger partial charge is 0.196 e. The fourth-order valence-corrected chi connectivity index (χ4v) is 2.93. The summed E-state index contributed by atoms with van der Waals surface area (Å²) in [5.74, 6) is 0.162. The summed E-state index contributed by atoms with van der Waals surface area (Å²) in [4.78, 5) is 3.78. The second-order valence-corrected chi connectivity index (χ2v) is 5.08. The number of aryl methyl sites for hydroxylation is 1. The van der Waals surface area contributed by atoms with Gasteiger partial charge in [-0.25, -0.2) is 13.4 Å². The predicted molar refractivity (Wildman–Crippen MR) is 45.0 cm³/mol. The van der Waals surface area contributed by atoms with Gasteiger partial charge in [0.2, 0.25) is 0 Å². The standard InChI is InChI=1S/C7H6ClNO2S/c8-6-2-1-5-3-4-12(10,11)7(5)9-6/h1-2H,3-4H2. The highest BCUT2D eigenvalue weighted by Gasteiger charge is 2.27. The van der Waals surface area contributed by atoms with Crippen LogP contribution in [-0.2, 0) is 16.3 Å². The minimum atomic E-state index is -3.12. The van der Waals surface area contributed by atoms with Crippen molar-refractivity contribution in [3.63, 3.8) is 0 Å². The summed E-state index contributed by atoms with van der Waals surface area (Å²) in [7, 11) is -3.12. The minimum absolute atomic E-state index is 0.162. The van der Waals surface area contributed by atoms with E-state index in [1.807, 2.05) is 0 Å². The third-order valence-electron chi connectivity index (χ3n) is 1.84. The molecule has 1 aliphatic rings. The van der Waals surface area contributed by atoms with E-state index < -0.39 is 9.84 Å². The number of nitrogens with zero attached hydrogens (tertiary/aromatic N) is 1. The van der Waals surface area contributed by atoms with Crippen LogP contribution in [0.5, 0.6) is 0 Å². The van der Waals surface area contributed by atoms with Gasteiger partial charge in [0.25, 0.3) is 0 Å². The molecule has 3 nitrogen and oxygen atoms in total. The van der Waals surface area contributed by atoms with Crippen molar-refractivity contribution in [3.05, 3.63) is 22.8 Å². The van der Waals surface area contributed by atoms with Crippen molar-refractivity contribution >= 4 is 21.4 Å². The zero-order valence-electron chi connectivity index (χ0n) is 6.12. The normalized spacial score (nSPS) is 19.1. The highest BCUT2D eigenvalue weighted by molar-refractivity contribution is 7.91. The highest BCUT2D eigenvalue weighted by Crippen LogP contribution is 2.24. The maximum absolute atomic E-state index is 11.3. The summed E-state index contributed by atoms with van der Waals surface area (Å²) in [6.07, 6.45) is 0.557.